The number of sulfone groups is 1. The summed E-state index contributed by atoms with van der Waals surface area (Å²) in [5.41, 5.74) is 0.699. The van der Waals surface area contributed by atoms with Gasteiger partial charge in [-0.25, -0.2) is 22.2 Å². The van der Waals surface area contributed by atoms with Crippen LogP contribution in [0.3, 0.4) is 0 Å². The molecular weight excluding hydrogens is 546 g/mol. The number of nitrogens with zero attached hydrogens (tertiary/aromatic N) is 3. The number of nitrogens with one attached hydrogen (secondary N) is 1. The van der Waals surface area contributed by atoms with Crippen molar-refractivity contribution in [3.8, 4) is 16.9 Å². The highest BCUT2D eigenvalue weighted by molar-refractivity contribution is 7.90. The van der Waals surface area contributed by atoms with Gasteiger partial charge in [0.15, 0.2) is 5.65 Å². The van der Waals surface area contributed by atoms with Crippen molar-refractivity contribution in [2.75, 3.05) is 11.6 Å². The van der Waals surface area contributed by atoms with E-state index in [4.69, 9.17) is 0 Å². The van der Waals surface area contributed by atoms with Crippen molar-refractivity contribution in [2.24, 2.45) is 0 Å². The van der Waals surface area contributed by atoms with Gasteiger partial charge in [-0.3, -0.25) is 14.2 Å². The zero-order chi connectivity index (χ0) is 27.9. The van der Waals surface area contributed by atoms with E-state index in [1.54, 1.807) is 25.1 Å². The van der Waals surface area contributed by atoms with Gasteiger partial charge in [-0.1, -0.05) is 12.1 Å². The molecule has 0 atom stereocenters. The minimum absolute atomic E-state index is 0.109. The Balaban J connectivity index is 1.74. The molecule has 0 saturated heterocycles. The molecule has 1 N–H and O–H groups in total. The summed E-state index contributed by atoms with van der Waals surface area (Å²) in [4.78, 5) is 33.8. The molecule has 0 fully saturated rings. The van der Waals surface area contributed by atoms with Gasteiger partial charge in [0.25, 0.3) is 5.56 Å². The van der Waals surface area contributed by atoms with Gasteiger partial charge in [0, 0.05) is 29.0 Å². The van der Waals surface area contributed by atoms with Crippen LogP contribution in [0.2, 0.25) is 0 Å². The first-order valence-corrected chi connectivity index (χ1v) is 14.4. The first-order chi connectivity index (χ1) is 18.5. The summed E-state index contributed by atoms with van der Waals surface area (Å²) in [7, 11) is -4.02. The number of para-hydroxylation sites is 1. The summed E-state index contributed by atoms with van der Waals surface area (Å²) in [6, 6.07) is 12.5. The molecule has 2 aromatic carbocycles. The van der Waals surface area contributed by atoms with Crippen LogP contribution in [0.5, 0.6) is 0 Å². The highest BCUT2D eigenvalue weighted by Gasteiger charge is 2.23. The van der Waals surface area contributed by atoms with Crippen LogP contribution >= 0.6 is 11.3 Å². The molecule has 5 rings (SSSR count). The van der Waals surface area contributed by atoms with E-state index in [0.29, 0.717) is 21.4 Å². The topological polar surface area (TPSA) is 111 Å². The van der Waals surface area contributed by atoms with Crippen molar-refractivity contribution in [3.63, 3.8) is 0 Å². The van der Waals surface area contributed by atoms with Crippen LogP contribution in [0, 0.1) is 18.6 Å². The van der Waals surface area contributed by atoms with Gasteiger partial charge in [-0.2, -0.15) is 16.3 Å². The maximum atomic E-state index is 14.8. The van der Waals surface area contributed by atoms with E-state index in [1.165, 1.54) is 17.4 Å². The fourth-order valence-electron chi connectivity index (χ4n) is 4.12. The standard InChI is InChI=1S/C27H20F2N4O4S2/c1-15-6-7-17(30-22(34)12-16-10-11-38-14-16)13-19(15)24-18-8-9-23(35)33(25-20(28)4-3-5-21(25)29)26(18)32-27(31-24)39(2,36)37/h3-11,13-14H,12H2,1-2H3,(H,30,34). The van der Waals surface area contributed by atoms with E-state index in [-0.39, 0.29) is 29.1 Å². The van der Waals surface area contributed by atoms with Crippen LogP contribution in [0.1, 0.15) is 11.1 Å². The second-order valence-electron chi connectivity index (χ2n) is 8.83. The lowest BCUT2D eigenvalue weighted by Crippen LogP contribution is -2.22. The Labute approximate surface area is 225 Å². The highest BCUT2D eigenvalue weighted by atomic mass is 32.2. The number of benzene rings is 2. The molecule has 0 aliphatic carbocycles. The third-order valence-corrected chi connectivity index (χ3v) is 7.52. The number of thiophene rings is 1. The average Bonchev–Trinajstić information content (AvgIpc) is 3.38. The van der Waals surface area contributed by atoms with Crippen LogP contribution in [0.4, 0.5) is 14.5 Å². The van der Waals surface area contributed by atoms with Crippen molar-refractivity contribution in [1.82, 2.24) is 14.5 Å². The number of aryl methyl sites for hydroxylation is 1. The molecular formula is C27H20F2N4O4S2. The number of hydrogen-bond acceptors (Lipinski definition) is 7. The summed E-state index contributed by atoms with van der Waals surface area (Å²) in [5.74, 6) is -2.31. The van der Waals surface area contributed by atoms with Crippen LogP contribution < -0.4 is 10.9 Å². The smallest absolute Gasteiger partial charge is 0.256 e. The zero-order valence-corrected chi connectivity index (χ0v) is 22.2. The third kappa shape index (κ3) is 5.20. The third-order valence-electron chi connectivity index (χ3n) is 5.94. The maximum absolute atomic E-state index is 14.8. The number of aromatic nitrogens is 3. The van der Waals surface area contributed by atoms with Crippen molar-refractivity contribution < 1.29 is 22.0 Å². The highest BCUT2D eigenvalue weighted by Crippen LogP contribution is 2.32. The average molecular weight is 567 g/mol. The van der Waals surface area contributed by atoms with Gasteiger partial charge in [0.2, 0.25) is 20.9 Å². The van der Waals surface area contributed by atoms with Gasteiger partial charge < -0.3 is 5.32 Å². The molecule has 5 aromatic rings. The molecule has 0 aliphatic rings. The molecule has 0 radical (unpaired) electrons. The Bertz CT molecular complexity index is 1900. The molecule has 3 aromatic heterocycles. The Morgan fingerprint density at radius 1 is 1.05 bits per heavy atom. The van der Waals surface area contributed by atoms with Gasteiger partial charge in [0.1, 0.15) is 17.3 Å². The number of anilines is 1. The Morgan fingerprint density at radius 3 is 2.46 bits per heavy atom. The second-order valence-corrected chi connectivity index (χ2v) is 11.5. The van der Waals surface area contributed by atoms with Crippen LogP contribution in [0.15, 0.2) is 75.3 Å². The first-order valence-electron chi connectivity index (χ1n) is 11.5. The Hall–Kier alpha value is -4.29. The number of carbonyl (C=O) groups excluding carboxylic acids is 1. The molecule has 12 heteroatoms. The molecule has 0 aliphatic heterocycles. The minimum atomic E-state index is -4.02. The Kier molecular flexibility index (Phi) is 6.83. The number of amides is 1. The number of pyridine rings is 1. The summed E-state index contributed by atoms with van der Waals surface area (Å²) in [5, 5.41) is 6.11. The number of fused-ring (bicyclic) bond motifs is 1. The largest absolute Gasteiger partial charge is 0.326 e. The van der Waals surface area contributed by atoms with Gasteiger partial charge in [0.05, 0.1) is 12.1 Å². The Morgan fingerprint density at radius 2 is 1.79 bits per heavy atom. The SMILES string of the molecule is Cc1ccc(NC(=O)Cc2ccsc2)cc1-c1nc(S(C)(=O)=O)nc2c1ccc(=O)n2-c1c(F)cccc1F. The molecule has 0 bridgehead atoms. The van der Waals surface area contributed by atoms with Crippen molar-refractivity contribution in [3.05, 3.63) is 98.5 Å². The fraction of sp³-hybridized carbons (Fsp3) is 0.111. The van der Waals surface area contributed by atoms with E-state index < -0.39 is 37.9 Å². The minimum Gasteiger partial charge on any atom is -0.326 e. The lowest BCUT2D eigenvalue weighted by Gasteiger charge is -2.16. The van der Waals surface area contributed by atoms with E-state index >= 15 is 0 Å². The molecule has 1 amide bonds. The van der Waals surface area contributed by atoms with Crippen molar-refractivity contribution in [2.45, 2.75) is 18.5 Å². The predicted octanol–water partition coefficient (Wildman–Crippen LogP) is 4.68. The lowest BCUT2D eigenvalue weighted by molar-refractivity contribution is -0.115. The first kappa shape index (κ1) is 26.3. The maximum Gasteiger partial charge on any atom is 0.256 e. The molecule has 8 nitrogen and oxygen atoms in total. The molecule has 0 saturated carbocycles. The zero-order valence-electron chi connectivity index (χ0n) is 20.6. The molecule has 3 heterocycles. The van der Waals surface area contributed by atoms with Crippen LogP contribution in [-0.2, 0) is 21.1 Å². The lowest BCUT2D eigenvalue weighted by atomic mass is 10.0. The van der Waals surface area contributed by atoms with Crippen molar-refractivity contribution >= 4 is 43.8 Å². The number of halogens is 2. The summed E-state index contributed by atoms with van der Waals surface area (Å²) < 4.78 is 55.4. The van der Waals surface area contributed by atoms with E-state index in [0.717, 1.165) is 36.1 Å². The molecule has 0 unspecified atom stereocenters. The van der Waals surface area contributed by atoms with Crippen LogP contribution in [-0.4, -0.2) is 35.1 Å². The van der Waals surface area contributed by atoms with Gasteiger partial charge in [-0.05, 0) is 65.2 Å². The van der Waals surface area contributed by atoms with E-state index in [9.17, 15) is 26.8 Å². The summed E-state index contributed by atoms with van der Waals surface area (Å²) in [6.45, 7) is 1.76. The van der Waals surface area contributed by atoms with E-state index in [2.05, 4.69) is 15.3 Å². The fourth-order valence-corrected chi connectivity index (χ4v) is 5.30. The van der Waals surface area contributed by atoms with E-state index in [1.807, 2.05) is 16.8 Å². The van der Waals surface area contributed by atoms with Crippen LogP contribution in [0.25, 0.3) is 28.0 Å². The summed E-state index contributed by atoms with van der Waals surface area (Å²) in [6.07, 6.45) is 1.06. The molecule has 39 heavy (non-hydrogen) atoms. The number of hydrogen-bond donors (Lipinski definition) is 1. The van der Waals surface area contributed by atoms with Gasteiger partial charge in [-0.15, -0.1) is 0 Å². The number of rotatable bonds is 6. The second kappa shape index (κ2) is 10.1. The molecule has 0 spiro atoms. The quantitative estimate of drug-likeness (QED) is 0.299. The summed E-state index contributed by atoms with van der Waals surface area (Å²) >= 11 is 1.48. The van der Waals surface area contributed by atoms with Gasteiger partial charge >= 0.3 is 0 Å². The predicted molar refractivity (Wildman–Crippen MR) is 145 cm³/mol. The normalized spacial score (nSPS) is 11.6. The van der Waals surface area contributed by atoms with Crippen molar-refractivity contribution in [1.29, 1.82) is 0 Å². The number of carbonyl (C=O) groups is 1. The molecule has 198 valence electrons. The monoisotopic (exact) mass is 566 g/mol.